The molecule has 2 aliphatic rings. The Morgan fingerprint density at radius 3 is 2.56 bits per heavy atom. The quantitative estimate of drug-likeness (QED) is 0.423. The highest BCUT2D eigenvalue weighted by molar-refractivity contribution is 5.98. The molecule has 1 amide bonds. The summed E-state index contributed by atoms with van der Waals surface area (Å²) in [5, 5.41) is 2.43. The van der Waals surface area contributed by atoms with Gasteiger partial charge in [-0.25, -0.2) is 0 Å². The van der Waals surface area contributed by atoms with Crippen LogP contribution >= 0.6 is 0 Å². The van der Waals surface area contributed by atoms with E-state index < -0.39 is 0 Å². The maximum Gasteiger partial charge on any atom is 0.270 e. The Morgan fingerprint density at radius 1 is 1.03 bits per heavy atom. The zero-order valence-corrected chi connectivity index (χ0v) is 21.3. The summed E-state index contributed by atoms with van der Waals surface area (Å²) in [6.45, 7) is 8.47. The topological polar surface area (TPSA) is 73.6 Å². The first-order valence-corrected chi connectivity index (χ1v) is 13.0. The highest BCUT2D eigenvalue weighted by Crippen LogP contribution is 2.32. The average Bonchev–Trinajstić information content (AvgIpc) is 3.57. The lowest BCUT2D eigenvalue weighted by molar-refractivity contribution is 0.0299. The monoisotopic (exact) mass is 488 g/mol. The summed E-state index contributed by atoms with van der Waals surface area (Å²) in [7, 11) is 1.63. The summed E-state index contributed by atoms with van der Waals surface area (Å²) in [5.74, 6) is 1.55. The van der Waals surface area contributed by atoms with Crippen molar-refractivity contribution in [2.75, 3.05) is 53.0 Å². The third-order valence-corrected chi connectivity index (χ3v) is 7.45. The van der Waals surface area contributed by atoms with Crippen LogP contribution in [0, 0.1) is 0 Å². The molecular formula is C29H36N4O3. The van der Waals surface area contributed by atoms with E-state index in [-0.39, 0.29) is 5.91 Å². The van der Waals surface area contributed by atoms with Crippen molar-refractivity contribution in [3.63, 3.8) is 0 Å². The van der Waals surface area contributed by atoms with Gasteiger partial charge >= 0.3 is 0 Å². The Morgan fingerprint density at radius 2 is 1.81 bits per heavy atom. The minimum Gasteiger partial charge on any atom is -0.497 e. The van der Waals surface area contributed by atoms with Gasteiger partial charge in [0.1, 0.15) is 11.4 Å². The van der Waals surface area contributed by atoms with Gasteiger partial charge in [0.2, 0.25) is 0 Å². The number of benzene rings is 2. The highest BCUT2D eigenvalue weighted by atomic mass is 16.5. The number of H-pyrrole nitrogens is 2. The van der Waals surface area contributed by atoms with Gasteiger partial charge in [0.05, 0.1) is 20.3 Å². The fourth-order valence-corrected chi connectivity index (χ4v) is 5.28. The number of piperidine rings is 1. The molecule has 36 heavy (non-hydrogen) atoms. The van der Waals surface area contributed by atoms with Gasteiger partial charge in [0.15, 0.2) is 0 Å². The summed E-state index contributed by atoms with van der Waals surface area (Å²) in [6, 6.07) is 16.3. The Bertz CT molecular complexity index is 1300. The maximum atomic E-state index is 12.3. The number of morpholine rings is 1. The minimum absolute atomic E-state index is 0.0264. The lowest BCUT2D eigenvalue weighted by Crippen LogP contribution is -2.40. The molecular weight excluding hydrogens is 452 g/mol. The predicted octanol–water partition coefficient (Wildman–Crippen LogP) is 5.02. The molecule has 7 nitrogen and oxygen atoms in total. The van der Waals surface area contributed by atoms with E-state index in [1.165, 1.54) is 48.9 Å². The number of methoxy groups -OCH3 is 1. The molecule has 190 valence electrons. The Balaban J connectivity index is 0.000000149. The first-order chi connectivity index (χ1) is 17.7. The number of ether oxygens (including phenoxy) is 2. The average molecular weight is 489 g/mol. The van der Waals surface area contributed by atoms with Gasteiger partial charge < -0.3 is 29.2 Å². The van der Waals surface area contributed by atoms with Gasteiger partial charge in [-0.2, -0.15) is 0 Å². The van der Waals surface area contributed by atoms with E-state index in [2.05, 4.69) is 52.3 Å². The predicted molar refractivity (Wildman–Crippen MR) is 144 cm³/mol. The number of likely N-dealkylation sites (tertiary alicyclic amines) is 1. The van der Waals surface area contributed by atoms with Crippen LogP contribution in [0.15, 0.2) is 54.7 Å². The van der Waals surface area contributed by atoms with Crippen molar-refractivity contribution in [3.8, 4) is 5.75 Å². The molecule has 2 N–H and O–H groups in total. The Kier molecular flexibility index (Phi) is 7.58. The lowest BCUT2D eigenvalue weighted by Gasteiger charge is -2.30. The molecule has 6 rings (SSSR count). The van der Waals surface area contributed by atoms with E-state index in [9.17, 15) is 4.79 Å². The molecule has 7 heteroatoms. The van der Waals surface area contributed by atoms with Crippen molar-refractivity contribution in [2.45, 2.75) is 25.7 Å². The Labute approximate surface area is 212 Å². The van der Waals surface area contributed by atoms with Crippen molar-refractivity contribution < 1.29 is 14.3 Å². The number of amides is 1. The molecule has 0 bridgehead atoms. The summed E-state index contributed by atoms with van der Waals surface area (Å²) in [6.07, 6.45) is 4.82. The first kappa shape index (κ1) is 24.4. The van der Waals surface area contributed by atoms with Crippen molar-refractivity contribution >= 4 is 27.7 Å². The standard InChI is InChI=1S/C15H20N2.C14H16N2O3/c1-2-17-9-7-12(8-10-17)14-11-16-15-6-4-3-5-13(14)15;1-18-11-3-2-10-8-13(15-12(10)9-11)14(17)16-4-6-19-7-5-16/h3-6,11-12,16H,2,7-10H2,1H3;2-3,8-9,15H,4-7H2,1H3. The van der Waals surface area contributed by atoms with Crippen LogP contribution in [0.5, 0.6) is 5.75 Å². The Hall–Kier alpha value is -3.29. The molecule has 0 saturated carbocycles. The third kappa shape index (κ3) is 5.27. The van der Waals surface area contributed by atoms with Gasteiger partial charge in [-0.05, 0) is 68.2 Å². The fraction of sp³-hybridized carbons (Fsp3) is 0.414. The first-order valence-electron chi connectivity index (χ1n) is 13.0. The largest absolute Gasteiger partial charge is 0.497 e. The smallest absolute Gasteiger partial charge is 0.270 e. The van der Waals surface area contributed by atoms with Crippen LogP contribution < -0.4 is 4.74 Å². The maximum absolute atomic E-state index is 12.3. The van der Waals surface area contributed by atoms with Gasteiger partial charge in [-0.1, -0.05) is 25.1 Å². The number of aromatic nitrogens is 2. The van der Waals surface area contributed by atoms with Crippen LogP contribution in [0.4, 0.5) is 0 Å². The van der Waals surface area contributed by atoms with Crippen molar-refractivity contribution in [1.82, 2.24) is 19.8 Å². The van der Waals surface area contributed by atoms with E-state index in [1.54, 1.807) is 7.11 Å². The number of nitrogens with one attached hydrogen (secondary N) is 2. The number of carbonyl (C=O) groups excluding carboxylic acids is 1. The van der Waals surface area contributed by atoms with Crippen LogP contribution in [0.1, 0.15) is 41.7 Å². The minimum atomic E-state index is 0.0264. The highest BCUT2D eigenvalue weighted by Gasteiger charge is 2.22. The number of nitrogens with zero attached hydrogens (tertiary/aromatic N) is 2. The second-order valence-corrected chi connectivity index (χ2v) is 9.54. The zero-order valence-electron chi connectivity index (χ0n) is 21.3. The second kappa shape index (κ2) is 11.2. The van der Waals surface area contributed by atoms with E-state index in [1.807, 2.05) is 29.2 Å². The summed E-state index contributed by atoms with van der Waals surface area (Å²) in [5.41, 5.74) is 4.33. The molecule has 2 aromatic carbocycles. The molecule has 0 unspecified atom stereocenters. The van der Waals surface area contributed by atoms with Crippen molar-refractivity contribution in [3.05, 3.63) is 66.0 Å². The van der Waals surface area contributed by atoms with E-state index in [0.29, 0.717) is 32.0 Å². The third-order valence-electron chi connectivity index (χ3n) is 7.45. The van der Waals surface area contributed by atoms with Crippen LogP contribution in [0.2, 0.25) is 0 Å². The molecule has 4 aromatic rings. The molecule has 4 heterocycles. The second-order valence-electron chi connectivity index (χ2n) is 9.54. The number of carbonyl (C=O) groups is 1. The molecule has 2 aliphatic heterocycles. The summed E-state index contributed by atoms with van der Waals surface area (Å²) in [4.78, 5) is 23.2. The summed E-state index contributed by atoms with van der Waals surface area (Å²) < 4.78 is 10.4. The van der Waals surface area contributed by atoms with Gasteiger partial charge in [0, 0.05) is 47.2 Å². The zero-order chi connectivity index (χ0) is 24.9. The van der Waals surface area contributed by atoms with Crippen LogP contribution in [0.3, 0.4) is 0 Å². The van der Waals surface area contributed by atoms with Crippen LogP contribution in [0.25, 0.3) is 21.8 Å². The van der Waals surface area contributed by atoms with E-state index in [4.69, 9.17) is 9.47 Å². The molecule has 0 radical (unpaired) electrons. The van der Waals surface area contributed by atoms with Gasteiger partial charge in [0.25, 0.3) is 5.91 Å². The van der Waals surface area contributed by atoms with Crippen molar-refractivity contribution in [2.24, 2.45) is 0 Å². The molecule has 0 aliphatic carbocycles. The number of rotatable bonds is 4. The van der Waals surface area contributed by atoms with Crippen LogP contribution in [-0.4, -0.2) is 78.7 Å². The fourth-order valence-electron chi connectivity index (χ4n) is 5.28. The number of aromatic amines is 2. The number of hydrogen-bond donors (Lipinski definition) is 2. The molecule has 2 fully saturated rings. The SMILES string of the molecule is CCN1CCC(c2c[nH]c3ccccc23)CC1.COc1ccc2cc(C(=O)N3CCOCC3)[nH]c2c1. The summed E-state index contributed by atoms with van der Waals surface area (Å²) >= 11 is 0. The number of hydrogen-bond acceptors (Lipinski definition) is 4. The molecule has 2 aromatic heterocycles. The number of fused-ring (bicyclic) bond motifs is 2. The normalized spacial score (nSPS) is 17.2. The lowest BCUT2D eigenvalue weighted by atomic mass is 9.89. The van der Waals surface area contributed by atoms with Crippen LogP contribution in [-0.2, 0) is 4.74 Å². The van der Waals surface area contributed by atoms with E-state index >= 15 is 0 Å². The molecule has 0 atom stereocenters. The van der Waals surface area contributed by atoms with E-state index in [0.717, 1.165) is 22.6 Å². The van der Waals surface area contributed by atoms with Crippen molar-refractivity contribution in [1.29, 1.82) is 0 Å². The molecule has 0 spiro atoms. The number of para-hydroxylation sites is 1. The van der Waals surface area contributed by atoms with Gasteiger partial charge in [-0.15, -0.1) is 0 Å². The van der Waals surface area contributed by atoms with Gasteiger partial charge in [-0.3, -0.25) is 4.79 Å². The molecule has 2 saturated heterocycles.